The minimum absolute atomic E-state index is 0.0607. The molecular formula is C24H42O2. The highest BCUT2D eigenvalue weighted by Crippen LogP contribution is 2.64. The van der Waals surface area contributed by atoms with Crippen LogP contribution in [0.2, 0.25) is 0 Å². The van der Waals surface area contributed by atoms with Crippen LogP contribution in [-0.2, 0) is 4.79 Å². The molecule has 3 aliphatic rings. The monoisotopic (exact) mass is 362 g/mol. The van der Waals surface area contributed by atoms with Crippen LogP contribution >= 0.6 is 0 Å². The highest BCUT2D eigenvalue weighted by Gasteiger charge is 2.58. The van der Waals surface area contributed by atoms with E-state index in [0.717, 1.165) is 38.0 Å². The van der Waals surface area contributed by atoms with Crippen LogP contribution in [0, 0.1) is 22.2 Å². The number of carboxylic acid groups (broad SMARTS) is 1. The molecule has 0 unspecified atom stereocenters. The fourth-order valence-electron chi connectivity index (χ4n) is 7.60. The molecule has 1 N–H and O–H groups in total. The van der Waals surface area contributed by atoms with Gasteiger partial charge in [-0.25, -0.2) is 0 Å². The van der Waals surface area contributed by atoms with Crippen molar-refractivity contribution in [3.8, 4) is 0 Å². The van der Waals surface area contributed by atoms with Gasteiger partial charge in [0.15, 0.2) is 0 Å². The minimum Gasteiger partial charge on any atom is -0.481 e. The van der Waals surface area contributed by atoms with Crippen LogP contribution in [0.4, 0.5) is 0 Å². The fourth-order valence-corrected chi connectivity index (χ4v) is 7.60. The van der Waals surface area contributed by atoms with Gasteiger partial charge in [-0.3, -0.25) is 4.79 Å². The third-order valence-electron chi connectivity index (χ3n) is 9.23. The van der Waals surface area contributed by atoms with Crippen LogP contribution in [-0.4, -0.2) is 11.1 Å². The summed E-state index contributed by atoms with van der Waals surface area (Å²) in [5, 5.41) is 10.3. The average Bonchev–Trinajstić information content (AvgIpc) is 2.70. The molecule has 0 saturated heterocycles. The Morgan fingerprint density at radius 3 is 1.92 bits per heavy atom. The van der Waals surface area contributed by atoms with E-state index in [9.17, 15) is 9.90 Å². The van der Waals surface area contributed by atoms with E-state index in [4.69, 9.17) is 0 Å². The van der Waals surface area contributed by atoms with Gasteiger partial charge in [-0.1, -0.05) is 58.8 Å². The molecule has 0 spiro atoms. The highest BCUT2D eigenvalue weighted by atomic mass is 16.4. The number of rotatable bonds is 6. The second kappa shape index (κ2) is 8.23. The van der Waals surface area contributed by atoms with Gasteiger partial charge in [0.2, 0.25) is 0 Å². The van der Waals surface area contributed by atoms with Crippen molar-refractivity contribution in [2.45, 2.75) is 123 Å². The largest absolute Gasteiger partial charge is 0.481 e. The molecule has 2 nitrogen and oxygen atoms in total. The molecule has 0 atom stereocenters. The predicted octanol–water partition coefficient (Wildman–Crippen LogP) is 7.36. The van der Waals surface area contributed by atoms with Crippen LogP contribution in [0.15, 0.2) is 0 Å². The second-order valence-electron chi connectivity index (χ2n) is 10.0. The lowest BCUT2D eigenvalue weighted by Gasteiger charge is -2.57. The summed E-state index contributed by atoms with van der Waals surface area (Å²) in [5.41, 5.74) is 0.165. The van der Waals surface area contributed by atoms with Crippen molar-refractivity contribution in [3.63, 3.8) is 0 Å². The molecule has 0 bridgehead atoms. The van der Waals surface area contributed by atoms with Gasteiger partial charge in [-0.2, -0.15) is 0 Å². The standard InChI is InChI=1S/C24H42O2/c1-3-13-22(20-11-7-5-8-12-20)16-18-23(4-2,19-17-22)24(21(25)26)14-9-6-10-15-24/h20H,3-19H2,1-2H3,(H,25,26). The maximum Gasteiger partial charge on any atom is 0.310 e. The summed E-state index contributed by atoms with van der Waals surface area (Å²) in [6.45, 7) is 4.64. The van der Waals surface area contributed by atoms with E-state index in [0.29, 0.717) is 5.41 Å². The van der Waals surface area contributed by atoms with Crippen LogP contribution in [0.5, 0.6) is 0 Å². The number of hydrogen-bond donors (Lipinski definition) is 1. The molecule has 0 radical (unpaired) electrons. The van der Waals surface area contributed by atoms with Crippen molar-refractivity contribution < 1.29 is 9.90 Å². The van der Waals surface area contributed by atoms with Gasteiger partial charge < -0.3 is 5.11 Å². The third-order valence-corrected chi connectivity index (χ3v) is 9.23. The lowest BCUT2D eigenvalue weighted by molar-refractivity contribution is -0.170. The van der Waals surface area contributed by atoms with Crippen molar-refractivity contribution in [2.24, 2.45) is 22.2 Å². The molecule has 0 aromatic carbocycles. The predicted molar refractivity (Wildman–Crippen MR) is 108 cm³/mol. The zero-order valence-electron chi connectivity index (χ0n) is 17.5. The molecule has 0 heterocycles. The Labute approximate surface area is 161 Å². The Balaban J connectivity index is 1.83. The topological polar surface area (TPSA) is 37.3 Å². The van der Waals surface area contributed by atoms with E-state index >= 15 is 0 Å². The number of carboxylic acids is 1. The Kier molecular flexibility index (Phi) is 6.40. The third kappa shape index (κ3) is 3.35. The highest BCUT2D eigenvalue weighted by molar-refractivity contribution is 5.76. The van der Waals surface area contributed by atoms with Gasteiger partial charge in [0.1, 0.15) is 0 Å². The molecule has 26 heavy (non-hydrogen) atoms. The van der Waals surface area contributed by atoms with Gasteiger partial charge in [0.05, 0.1) is 5.41 Å². The molecular weight excluding hydrogens is 320 g/mol. The molecule has 3 saturated carbocycles. The summed E-state index contributed by atoms with van der Waals surface area (Å²) in [5.74, 6) is 0.442. The zero-order valence-corrected chi connectivity index (χ0v) is 17.5. The van der Waals surface area contributed by atoms with Crippen molar-refractivity contribution >= 4 is 5.97 Å². The van der Waals surface area contributed by atoms with Crippen molar-refractivity contribution in [2.75, 3.05) is 0 Å². The molecule has 150 valence electrons. The summed E-state index contributed by atoms with van der Waals surface area (Å²) in [6.07, 6.45) is 21.2. The van der Waals surface area contributed by atoms with Crippen LogP contribution in [0.1, 0.15) is 123 Å². The molecule has 0 aromatic rings. The molecule has 0 aromatic heterocycles. The summed E-state index contributed by atoms with van der Waals surface area (Å²) < 4.78 is 0. The lowest BCUT2D eigenvalue weighted by Crippen LogP contribution is -2.52. The number of aliphatic carboxylic acids is 1. The molecule has 3 rings (SSSR count). The van der Waals surface area contributed by atoms with Gasteiger partial charge >= 0.3 is 5.97 Å². The van der Waals surface area contributed by atoms with Crippen molar-refractivity contribution in [1.82, 2.24) is 0 Å². The number of hydrogen-bond acceptors (Lipinski definition) is 1. The molecule has 0 aliphatic heterocycles. The average molecular weight is 363 g/mol. The van der Waals surface area contributed by atoms with Gasteiger partial charge in [0, 0.05) is 0 Å². The Morgan fingerprint density at radius 2 is 1.42 bits per heavy atom. The van der Waals surface area contributed by atoms with E-state index in [-0.39, 0.29) is 5.41 Å². The van der Waals surface area contributed by atoms with E-state index in [1.165, 1.54) is 77.0 Å². The zero-order chi connectivity index (χ0) is 18.7. The number of carbonyl (C=O) groups is 1. The first kappa shape index (κ1) is 20.2. The van der Waals surface area contributed by atoms with Gasteiger partial charge in [-0.05, 0) is 81.0 Å². The van der Waals surface area contributed by atoms with Gasteiger partial charge in [0.25, 0.3) is 0 Å². The smallest absolute Gasteiger partial charge is 0.310 e. The molecule has 2 heteroatoms. The van der Waals surface area contributed by atoms with Crippen LogP contribution < -0.4 is 0 Å². The van der Waals surface area contributed by atoms with Crippen molar-refractivity contribution in [1.29, 1.82) is 0 Å². The fraction of sp³-hybridized carbons (Fsp3) is 0.958. The van der Waals surface area contributed by atoms with E-state index in [1.807, 2.05) is 0 Å². The molecule has 3 fully saturated rings. The van der Waals surface area contributed by atoms with Crippen molar-refractivity contribution in [3.05, 3.63) is 0 Å². The summed E-state index contributed by atoms with van der Waals surface area (Å²) in [7, 11) is 0. The SMILES string of the molecule is CCCC1(C2CCCCC2)CCC(CC)(C2(C(=O)O)CCCCC2)CC1. The first-order valence-electron chi connectivity index (χ1n) is 11.8. The maximum atomic E-state index is 12.5. The van der Waals surface area contributed by atoms with Gasteiger partial charge in [-0.15, -0.1) is 0 Å². The van der Waals surface area contributed by atoms with Crippen LogP contribution in [0.25, 0.3) is 0 Å². The molecule has 3 aliphatic carbocycles. The normalized spacial score (nSPS) is 35.9. The van der Waals surface area contributed by atoms with Crippen LogP contribution in [0.3, 0.4) is 0 Å². The Hall–Kier alpha value is -0.530. The quantitative estimate of drug-likeness (QED) is 0.536. The Morgan fingerprint density at radius 1 is 0.846 bits per heavy atom. The Bertz CT molecular complexity index is 461. The summed E-state index contributed by atoms with van der Waals surface area (Å²) >= 11 is 0. The summed E-state index contributed by atoms with van der Waals surface area (Å²) in [6, 6.07) is 0. The first-order chi connectivity index (χ1) is 12.5. The van der Waals surface area contributed by atoms with E-state index < -0.39 is 11.4 Å². The van der Waals surface area contributed by atoms with E-state index in [1.54, 1.807) is 0 Å². The minimum atomic E-state index is -0.472. The summed E-state index contributed by atoms with van der Waals surface area (Å²) in [4.78, 5) is 12.5. The van der Waals surface area contributed by atoms with E-state index in [2.05, 4.69) is 13.8 Å². The first-order valence-corrected chi connectivity index (χ1v) is 11.8. The second-order valence-corrected chi connectivity index (χ2v) is 10.0. The maximum absolute atomic E-state index is 12.5. The molecule has 0 amide bonds. The lowest BCUT2D eigenvalue weighted by atomic mass is 9.46.